The predicted molar refractivity (Wildman–Crippen MR) is 88.6 cm³/mol. The Morgan fingerprint density at radius 3 is 2.57 bits per heavy atom. The Labute approximate surface area is 129 Å². The number of nitrogens with two attached hydrogens (primary N) is 1. The minimum Gasteiger partial charge on any atom is -0.494 e. The molecule has 0 spiro atoms. The van der Waals surface area contributed by atoms with Crippen molar-refractivity contribution >= 4 is 0 Å². The van der Waals surface area contributed by atoms with E-state index in [0.717, 1.165) is 11.7 Å². The lowest BCUT2D eigenvalue weighted by atomic mass is 9.85. The summed E-state index contributed by atoms with van der Waals surface area (Å²) >= 11 is 0. The summed E-state index contributed by atoms with van der Waals surface area (Å²) in [5.41, 5.74) is 7.36. The largest absolute Gasteiger partial charge is 0.494 e. The lowest BCUT2D eigenvalue weighted by molar-refractivity contribution is 0.121. The Bertz CT molecular complexity index is 418. The highest BCUT2D eigenvalue weighted by Gasteiger charge is 2.27. The second kappa shape index (κ2) is 7.81. The van der Waals surface area contributed by atoms with Crippen LogP contribution in [0, 0.1) is 5.92 Å². The summed E-state index contributed by atoms with van der Waals surface area (Å²) in [7, 11) is 2.23. The molecule has 0 bridgehead atoms. The van der Waals surface area contributed by atoms with Crippen LogP contribution in [0.1, 0.15) is 51.1 Å². The van der Waals surface area contributed by atoms with Crippen molar-refractivity contribution < 1.29 is 4.74 Å². The fraction of sp³-hybridized carbons (Fsp3) is 0.667. The zero-order valence-corrected chi connectivity index (χ0v) is 13.7. The molecule has 21 heavy (non-hydrogen) atoms. The molecule has 0 aromatic heterocycles. The highest BCUT2D eigenvalue weighted by Crippen LogP contribution is 2.31. The lowest BCUT2D eigenvalue weighted by Gasteiger charge is -2.39. The van der Waals surface area contributed by atoms with Gasteiger partial charge in [-0.1, -0.05) is 31.9 Å². The summed E-state index contributed by atoms with van der Waals surface area (Å²) in [5, 5.41) is 0. The zero-order chi connectivity index (χ0) is 15.2. The normalized spacial score (nSPS) is 24.0. The van der Waals surface area contributed by atoms with Crippen molar-refractivity contribution in [3.8, 4) is 5.75 Å². The molecule has 2 rings (SSSR count). The number of nitrogens with zero attached hydrogens (tertiary/aromatic N) is 1. The first-order valence-corrected chi connectivity index (χ1v) is 8.30. The summed E-state index contributed by atoms with van der Waals surface area (Å²) in [6.45, 7) is 5.75. The van der Waals surface area contributed by atoms with E-state index in [4.69, 9.17) is 10.5 Å². The number of likely N-dealkylation sites (N-methyl/N-ethyl adjacent to an activating group) is 1. The van der Waals surface area contributed by atoms with Crippen LogP contribution in [0.4, 0.5) is 0 Å². The summed E-state index contributed by atoms with van der Waals surface area (Å²) in [6, 6.07) is 9.39. The van der Waals surface area contributed by atoms with E-state index in [1.807, 2.05) is 6.92 Å². The molecule has 3 heteroatoms. The van der Waals surface area contributed by atoms with Crippen LogP contribution < -0.4 is 10.5 Å². The molecule has 1 saturated carbocycles. The van der Waals surface area contributed by atoms with Crippen molar-refractivity contribution in [2.24, 2.45) is 11.7 Å². The van der Waals surface area contributed by atoms with Gasteiger partial charge in [0.2, 0.25) is 0 Å². The third-order valence-electron chi connectivity index (χ3n) is 4.78. The Kier molecular flexibility index (Phi) is 6.07. The molecule has 2 N–H and O–H groups in total. The molecular weight excluding hydrogens is 260 g/mol. The summed E-state index contributed by atoms with van der Waals surface area (Å²) in [4.78, 5) is 2.49. The van der Waals surface area contributed by atoms with Crippen LogP contribution in [0.15, 0.2) is 24.3 Å². The van der Waals surface area contributed by atoms with E-state index in [1.165, 1.54) is 31.2 Å². The second-order valence-corrected chi connectivity index (χ2v) is 6.34. The number of ether oxygens (including phenoxy) is 1. The molecule has 0 saturated heterocycles. The van der Waals surface area contributed by atoms with Crippen LogP contribution >= 0.6 is 0 Å². The van der Waals surface area contributed by atoms with Crippen molar-refractivity contribution in [1.29, 1.82) is 0 Å². The Morgan fingerprint density at radius 1 is 1.29 bits per heavy atom. The molecule has 118 valence electrons. The lowest BCUT2D eigenvalue weighted by Crippen LogP contribution is -2.41. The van der Waals surface area contributed by atoms with Gasteiger partial charge in [-0.15, -0.1) is 0 Å². The van der Waals surface area contributed by atoms with E-state index in [-0.39, 0.29) is 0 Å². The number of rotatable bonds is 6. The van der Waals surface area contributed by atoms with Gasteiger partial charge in [0.25, 0.3) is 0 Å². The molecule has 3 atom stereocenters. The SMILES string of the molecule is CCOc1ccc(C(CN)N(C)C2CCCC(C)C2)cc1. The van der Waals surface area contributed by atoms with Crippen LogP contribution in [-0.2, 0) is 0 Å². The van der Waals surface area contributed by atoms with Crippen LogP contribution in [-0.4, -0.2) is 31.1 Å². The van der Waals surface area contributed by atoms with Crippen molar-refractivity contribution in [2.45, 2.75) is 51.6 Å². The Hall–Kier alpha value is -1.06. The zero-order valence-electron chi connectivity index (χ0n) is 13.7. The molecule has 3 unspecified atom stereocenters. The van der Waals surface area contributed by atoms with Gasteiger partial charge < -0.3 is 10.5 Å². The maximum Gasteiger partial charge on any atom is 0.119 e. The van der Waals surface area contributed by atoms with Crippen LogP contribution in [0.25, 0.3) is 0 Å². The summed E-state index contributed by atoms with van der Waals surface area (Å²) < 4.78 is 5.52. The molecule has 1 aromatic carbocycles. The number of hydrogen-bond acceptors (Lipinski definition) is 3. The van der Waals surface area contributed by atoms with Crippen LogP contribution in [0.5, 0.6) is 5.75 Å². The molecule has 0 amide bonds. The van der Waals surface area contributed by atoms with Gasteiger partial charge in [-0.25, -0.2) is 0 Å². The van der Waals surface area contributed by atoms with Gasteiger partial charge in [0.05, 0.1) is 6.61 Å². The first-order chi connectivity index (χ1) is 10.2. The molecule has 1 aliphatic rings. The minimum atomic E-state index is 0.302. The molecule has 1 aromatic rings. The highest BCUT2D eigenvalue weighted by molar-refractivity contribution is 5.29. The average Bonchev–Trinajstić information content (AvgIpc) is 2.50. The number of hydrogen-bond donors (Lipinski definition) is 1. The van der Waals surface area contributed by atoms with E-state index in [0.29, 0.717) is 25.2 Å². The van der Waals surface area contributed by atoms with Gasteiger partial charge in [0.15, 0.2) is 0 Å². The van der Waals surface area contributed by atoms with Gasteiger partial charge in [-0.05, 0) is 50.4 Å². The quantitative estimate of drug-likeness (QED) is 0.870. The third kappa shape index (κ3) is 4.21. The molecule has 0 aliphatic heterocycles. The molecular formula is C18H30N2O. The summed E-state index contributed by atoms with van der Waals surface area (Å²) in [5.74, 6) is 1.77. The maximum absolute atomic E-state index is 6.07. The topological polar surface area (TPSA) is 38.5 Å². The minimum absolute atomic E-state index is 0.302. The third-order valence-corrected chi connectivity index (χ3v) is 4.78. The van der Waals surface area contributed by atoms with E-state index < -0.39 is 0 Å². The summed E-state index contributed by atoms with van der Waals surface area (Å²) in [6.07, 6.45) is 5.32. The Morgan fingerprint density at radius 2 is 2.00 bits per heavy atom. The molecule has 3 nitrogen and oxygen atoms in total. The smallest absolute Gasteiger partial charge is 0.119 e. The Balaban J connectivity index is 2.06. The standard InChI is InChI=1S/C18H30N2O/c1-4-21-17-10-8-15(9-11-17)18(13-19)20(3)16-7-5-6-14(2)12-16/h8-11,14,16,18H,4-7,12-13,19H2,1-3H3. The van der Waals surface area contributed by atoms with Crippen molar-refractivity contribution in [2.75, 3.05) is 20.2 Å². The van der Waals surface area contributed by atoms with Crippen LogP contribution in [0.2, 0.25) is 0 Å². The van der Waals surface area contributed by atoms with Gasteiger partial charge in [-0.2, -0.15) is 0 Å². The van der Waals surface area contributed by atoms with E-state index >= 15 is 0 Å². The average molecular weight is 290 g/mol. The molecule has 0 radical (unpaired) electrons. The first kappa shape index (κ1) is 16.3. The molecule has 1 aliphatic carbocycles. The van der Waals surface area contributed by atoms with E-state index in [2.05, 4.69) is 43.1 Å². The van der Waals surface area contributed by atoms with Crippen molar-refractivity contribution in [3.63, 3.8) is 0 Å². The fourth-order valence-corrected chi connectivity index (χ4v) is 3.52. The first-order valence-electron chi connectivity index (χ1n) is 8.30. The highest BCUT2D eigenvalue weighted by atomic mass is 16.5. The maximum atomic E-state index is 6.07. The van der Waals surface area contributed by atoms with Gasteiger partial charge in [0, 0.05) is 18.6 Å². The monoisotopic (exact) mass is 290 g/mol. The van der Waals surface area contributed by atoms with Gasteiger partial charge in [0.1, 0.15) is 5.75 Å². The fourth-order valence-electron chi connectivity index (χ4n) is 3.52. The second-order valence-electron chi connectivity index (χ2n) is 6.34. The van der Waals surface area contributed by atoms with E-state index in [9.17, 15) is 0 Å². The van der Waals surface area contributed by atoms with Crippen molar-refractivity contribution in [1.82, 2.24) is 4.90 Å². The van der Waals surface area contributed by atoms with Crippen molar-refractivity contribution in [3.05, 3.63) is 29.8 Å². The molecule has 0 heterocycles. The number of benzene rings is 1. The molecule has 1 fully saturated rings. The van der Waals surface area contributed by atoms with E-state index in [1.54, 1.807) is 0 Å². The van der Waals surface area contributed by atoms with Gasteiger partial charge >= 0.3 is 0 Å². The predicted octanol–water partition coefficient (Wildman–Crippen LogP) is 3.60. The van der Waals surface area contributed by atoms with Gasteiger partial charge in [-0.3, -0.25) is 4.90 Å². The van der Waals surface area contributed by atoms with Crippen LogP contribution in [0.3, 0.4) is 0 Å².